The first-order valence-corrected chi connectivity index (χ1v) is 7.48. The Kier molecular flexibility index (Phi) is 4.37. The Bertz CT molecular complexity index is 672. The van der Waals surface area contributed by atoms with E-state index in [1.807, 2.05) is 12.1 Å². The summed E-state index contributed by atoms with van der Waals surface area (Å²) in [7, 11) is 0. The van der Waals surface area contributed by atoms with E-state index in [2.05, 4.69) is 17.4 Å². The third-order valence-corrected chi connectivity index (χ3v) is 3.87. The largest absolute Gasteiger partial charge is 0.484 e. The molecule has 3 rings (SSSR count). The molecule has 114 valence electrons. The zero-order valence-corrected chi connectivity index (χ0v) is 12.2. The van der Waals surface area contributed by atoms with Crippen molar-refractivity contribution >= 4 is 5.91 Å². The number of ether oxygens (including phenoxy) is 1. The van der Waals surface area contributed by atoms with Gasteiger partial charge in [-0.3, -0.25) is 4.79 Å². The molecular weight excluding hydrogens is 281 g/mol. The van der Waals surface area contributed by atoms with Gasteiger partial charge in [-0.15, -0.1) is 0 Å². The lowest BCUT2D eigenvalue weighted by Gasteiger charge is -2.26. The van der Waals surface area contributed by atoms with E-state index in [9.17, 15) is 9.18 Å². The lowest BCUT2D eigenvalue weighted by molar-refractivity contribution is -0.124. The second-order valence-electron chi connectivity index (χ2n) is 5.46. The van der Waals surface area contributed by atoms with Gasteiger partial charge in [-0.05, 0) is 42.5 Å². The van der Waals surface area contributed by atoms with Crippen molar-refractivity contribution in [3.63, 3.8) is 0 Å². The van der Waals surface area contributed by atoms with Crippen molar-refractivity contribution in [3.05, 3.63) is 65.5 Å². The van der Waals surface area contributed by atoms with Gasteiger partial charge in [0.25, 0.3) is 5.91 Å². The van der Waals surface area contributed by atoms with Crippen molar-refractivity contribution in [2.24, 2.45) is 0 Å². The highest BCUT2D eigenvalue weighted by atomic mass is 19.1. The Balaban J connectivity index is 1.59. The van der Waals surface area contributed by atoms with Crippen LogP contribution in [0.4, 0.5) is 4.39 Å². The summed E-state index contributed by atoms with van der Waals surface area (Å²) >= 11 is 0. The number of hydrogen-bond donors (Lipinski definition) is 1. The third-order valence-electron chi connectivity index (χ3n) is 3.87. The van der Waals surface area contributed by atoms with Gasteiger partial charge in [0.1, 0.15) is 11.6 Å². The Morgan fingerprint density at radius 2 is 2.09 bits per heavy atom. The summed E-state index contributed by atoms with van der Waals surface area (Å²) in [6, 6.07) is 14.0. The number of nitrogens with one attached hydrogen (secondary N) is 1. The normalized spacial score (nSPS) is 16.7. The maximum atomic E-state index is 13.0. The molecule has 3 nitrogen and oxygen atoms in total. The van der Waals surface area contributed by atoms with Crippen LogP contribution in [0.3, 0.4) is 0 Å². The Hall–Kier alpha value is -2.36. The maximum Gasteiger partial charge on any atom is 0.258 e. The Morgan fingerprint density at radius 3 is 2.95 bits per heavy atom. The number of benzene rings is 2. The predicted molar refractivity (Wildman–Crippen MR) is 82.2 cm³/mol. The molecule has 0 aliphatic heterocycles. The average Bonchev–Trinajstić information content (AvgIpc) is 2.53. The first-order valence-electron chi connectivity index (χ1n) is 7.48. The number of rotatable bonds is 4. The molecule has 1 atom stereocenters. The number of carbonyl (C=O) groups is 1. The first-order chi connectivity index (χ1) is 10.7. The molecule has 22 heavy (non-hydrogen) atoms. The molecule has 0 fully saturated rings. The van der Waals surface area contributed by atoms with Crippen LogP contribution in [0.5, 0.6) is 5.75 Å². The summed E-state index contributed by atoms with van der Waals surface area (Å²) in [4.78, 5) is 12.0. The number of aryl methyl sites for hydroxylation is 1. The van der Waals surface area contributed by atoms with Crippen molar-refractivity contribution in [1.29, 1.82) is 0 Å². The average molecular weight is 299 g/mol. The highest BCUT2D eigenvalue weighted by molar-refractivity contribution is 5.78. The lowest BCUT2D eigenvalue weighted by atomic mass is 9.88. The summed E-state index contributed by atoms with van der Waals surface area (Å²) in [6.45, 7) is -0.109. The van der Waals surface area contributed by atoms with Crippen LogP contribution in [0, 0.1) is 5.82 Å². The molecule has 0 spiro atoms. The third kappa shape index (κ3) is 3.45. The van der Waals surface area contributed by atoms with E-state index in [1.54, 1.807) is 12.1 Å². The zero-order chi connectivity index (χ0) is 15.4. The van der Waals surface area contributed by atoms with Crippen molar-refractivity contribution in [2.75, 3.05) is 6.61 Å². The standard InChI is InChI=1S/C18H18FNO2/c19-14-7-4-8-15(11-14)22-12-18(21)20-17-10-3-6-13-5-1-2-9-16(13)17/h1-2,4-5,7-9,11,17H,3,6,10,12H2,(H,20,21)/t17-/m0/s1. The van der Waals surface area contributed by atoms with Gasteiger partial charge in [0.05, 0.1) is 6.04 Å². The second-order valence-corrected chi connectivity index (χ2v) is 5.46. The molecule has 0 heterocycles. The van der Waals surface area contributed by atoms with Crippen LogP contribution < -0.4 is 10.1 Å². The SMILES string of the molecule is O=C(COc1cccc(F)c1)N[C@H]1CCCc2ccccc21. The van der Waals surface area contributed by atoms with Crippen molar-refractivity contribution in [2.45, 2.75) is 25.3 Å². The van der Waals surface area contributed by atoms with Gasteiger partial charge in [-0.25, -0.2) is 4.39 Å². The van der Waals surface area contributed by atoms with Gasteiger partial charge >= 0.3 is 0 Å². The number of carbonyl (C=O) groups excluding carboxylic acids is 1. The molecule has 2 aromatic rings. The molecule has 0 saturated carbocycles. The quantitative estimate of drug-likeness (QED) is 0.939. The Morgan fingerprint density at radius 1 is 1.23 bits per heavy atom. The van der Waals surface area contributed by atoms with Crippen LogP contribution in [-0.2, 0) is 11.2 Å². The van der Waals surface area contributed by atoms with E-state index in [4.69, 9.17) is 4.74 Å². The monoisotopic (exact) mass is 299 g/mol. The summed E-state index contributed by atoms with van der Waals surface area (Å²) in [5.74, 6) is -0.204. The second kappa shape index (κ2) is 6.60. The molecule has 1 aliphatic rings. The molecule has 0 radical (unpaired) electrons. The van der Waals surface area contributed by atoms with Crippen molar-refractivity contribution in [1.82, 2.24) is 5.32 Å². The molecule has 1 aliphatic carbocycles. The van der Waals surface area contributed by atoms with E-state index < -0.39 is 0 Å². The smallest absolute Gasteiger partial charge is 0.258 e. The fraction of sp³-hybridized carbons (Fsp3) is 0.278. The summed E-state index contributed by atoms with van der Waals surface area (Å²) in [6.07, 6.45) is 3.05. The highest BCUT2D eigenvalue weighted by Crippen LogP contribution is 2.29. The van der Waals surface area contributed by atoms with Gasteiger partial charge < -0.3 is 10.1 Å². The van der Waals surface area contributed by atoms with E-state index in [0.29, 0.717) is 5.75 Å². The van der Waals surface area contributed by atoms with Crippen LogP contribution in [0.1, 0.15) is 30.0 Å². The zero-order valence-electron chi connectivity index (χ0n) is 12.2. The highest BCUT2D eigenvalue weighted by Gasteiger charge is 2.21. The van der Waals surface area contributed by atoms with Gasteiger partial charge in [-0.2, -0.15) is 0 Å². The molecule has 1 amide bonds. The van der Waals surface area contributed by atoms with Crippen LogP contribution in [0.15, 0.2) is 48.5 Å². The number of amides is 1. The molecular formula is C18H18FNO2. The minimum atomic E-state index is -0.376. The van der Waals surface area contributed by atoms with Crippen molar-refractivity contribution in [3.8, 4) is 5.75 Å². The fourth-order valence-corrected chi connectivity index (χ4v) is 2.85. The number of halogens is 1. The molecule has 0 unspecified atom stereocenters. The topological polar surface area (TPSA) is 38.3 Å². The van der Waals surface area contributed by atoms with Gasteiger partial charge in [0, 0.05) is 6.07 Å². The first kappa shape index (κ1) is 14.6. The maximum absolute atomic E-state index is 13.0. The molecule has 1 N–H and O–H groups in total. The van der Waals surface area contributed by atoms with Crippen LogP contribution in [0.25, 0.3) is 0 Å². The predicted octanol–water partition coefficient (Wildman–Crippen LogP) is 3.40. The van der Waals surface area contributed by atoms with E-state index in [-0.39, 0.29) is 24.4 Å². The molecule has 0 aromatic heterocycles. The number of fused-ring (bicyclic) bond motifs is 1. The summed E-state index contributed by atoms with van der Waals surface area (Å²) in [5, 5.41) is 3.00. The van der Waals surface area contributed by atoms with Crippen LogP contribution in [-0.4, -0.2) is 12.5 Å². The molecule has 2 aromatic carbocycles. The lowest BCUT2D eigenvalue weighted by Crippen LogP contribution is -2.34. The van der Waals surface area contributed by atoms with Gasteiger partial charge in [0.15, 0.2) is 6.61 Å². The van der Waals surface area contributed by atoms with Crippen LogP contribution >= 0.6 is 0 Å². The van der Waals surface area contributed by atoms with E-state index in [0.717, 1.165) is 19.3 Å². The molecule has 0 saturated heterocycles. The van der Waals surface area contributed by atoms with Crippen LogP contribution in [0.2, 0.25) is 0 Å². The molecule has 0 bridgehead atoms. The molecule has 4 heteroatoms. The van der Waals surface area contributed by atoms with Gasteiger partial charge in [-0.1, -0.05) is 30.3 Å². The minimum Gasteiger partial charge on any atom is -0.484 e. The van der Waals surface area contributed by atoms with Crippen molar-refractivity contribution < 1.29 is 13.9 Å². The number of hydrogen-bond acceptors (Lipinski definition) is 2. The minimum absolute atomic E-state index is 0.0357. The van der Waals surface area contributed by atoms with Gasteiger partial charge in [0.2, 0.25) is 0 Å². The van der Waals surface area contributed by atoms with E-state index in [1.165, 1.54) is 23.3 Å². The Labute approximate surface area is 129 Å². The summed E-state index contributed by atoms with van der Waals surface area (Å²) < 4.78 is 18.4. The summed E-state index contributed by atoms with van der Waals surface area (Å²) in [5.41, 5.74) is 2.48. The van der Waals surface area contributed by atoms with E-state index >= 15 is 0 Å². The fourth-order valence-electron chi connectivity index (χ4n) is 2.85.